The number of sulfonamides is 1. The number of anilines is 1. The molecule has 2 aromatic carbocycles. The van der Waals surface area contributed by atoms with Gasteiger partial charge in [-0.1, -0.05) is 36.7 Å². The summed E-state index contributed by atoms with van der Waals surface area (Å²) in [5, 5.41) is -0.136. The minimum absolute atomic E-state index is 0.00685. The number of benzene rings is 2. The van der Waals surface area contributed by atoms with E-state index in [1.54, 1.807) is 39.3 Å². The van der Waals surface area contributed by atoms with Crippen molar-refractivity contribution in [3.05, 3.63) is 70.3 Å². The lowest BCUT2D eigenvalue weighted by atomic mass is 9.62. The van der Waals surface area contributed by atoms with Crippen molar-refractivity contribution in [3.8, 4) is 5.75 Å². The van der Waals surface area contributed by atoms with E-state index in [4.69, 9.17) is 25.8 Å². The van der Waals surface area contributed by atoms with E-state index in [1.807, 2.05) is 37.1 Å². The van der Waals surface area contributed by atoms with Crippen LogP contribution >= 0.6 is 11.6 Å². The molecule has 2 heterocycles. The van der Waals surface area contributed by atoms with Crippen molar-refractivity contribution in [3.63, 3.8) is 0 Å². The van der Waals surface area contributed by atoms with E-state index in [9.17, 15) is 18.0 Å². The molecule has 1 N–H and O–H groups in total. The van der Waals surface area contributed by atoms with Gasteiger partial charge in [0, 0.05) is 50.4 Å². The molecule has 2 bridgehead atoms. The maximum Gasteiger partial charge on any atom is 0.264 e. The van der Waals surface area contributed by atoms with Crippen molar-refractivity contribution in [1.29, 1.82) is 0 Å². The minimum Gasteiger partial charge on any atom is -0.490 e. The lowest BCUT2D eigenvalue weighted by Gasteiger charge is -2.51. The second-order valence-electron chi connectivity index (χ2n) is 16.5. The maximum absolute atomic E-state index is 14.2. The third kappa shape index (κ3) is 7.11. The number of ether oxygens (including phenoxy) is 3. The van der Waals surface area contributed by atoms with Crippen LogP contribution in [-0.4, -0.2) is 89.1 Å². The summed E-state index contributed by atoms with van der Waals surface area (Å²) in [5.41, 5.74) is 1.97. The average molecular weight is 768 g/mol. The van der Waals surface area contributed by atoms with E-state index < -0.39 is 26.8 Å². The lowest BCUT2D eigenvalue weighted by Crippen LogP contribution is -2.55. The second-order valence-corrected chi connectivity index (χ2v) is 18.9. The zero-order chi connectivity index (χ0) is 37.8. The second kappa shape index (κ2) is 14.5. The number of carbonyl (C=O) groups is 2. The number of methoxy groups -OCH3 is 2. The van der Waals surface area contributed by atoms with Gasteiger partial charge in [0.1, 0.15) is 5.75 Å². The SMILES string of the molecule is COCC1(N(C)C(=O)C[C@]2(OC)/C=C/C[C@H](C)[C@@H](C)S(=O)(=O)NC(=O)c3ccc4c(c3)N(C[C@@H]3CC[C@H]32)C[C@@]2(CCCc3cc(Cl)ccc32)CO4)CC1. The van der Waals surface area contributed by atoms with Crippen molar-refractivity contribution >= 4 is 39.1 Å². The van der Waals surface area contributed by atoms with Crippen LogP contribution in [0.3, 0.4) is 0 Å². The number of aryl methyl sites for hydroxylation is 1. The van der Waals surface area contributed by atoms with Gasteiger partial charge in [-0.2, -0.15) is 0 Å². The molecule has 6 atom stereocenters. The van der Waals surface area contributed by atoms with E-state index in [2.05, 4.69) is 21.8 Å². The summed E-state index contributed by atoms with van der Waals surface area (Å²) in [6, 6.07) is 11.4. The van der Waals surface area contributed by atoms with Gasteiger partial charge in [0.25, 0.3) is 5.91 Å². The third-order valence-electron chi connectivity index (χ3n) is 13.4. The number of hydrogen-bond donors (Lipinski definition) is 1. The number of rotatable bonds is 6. The van der Waals surface area contributed by atoms with Gasteiger partial charge in [-0.3, -0.25) is 9.59 Å². The molecule has 12 heteroatoms. The molecule has 0 aromatic heterocycles. The summed E-state index contributed by atoms with van der Waals surface area (Å²) in [6.45, 7) is 5.75. The Hall–Kier alpha value is -3.12. The average Bonchev–Trinajstić information content (AvgIpc) is 3.92. The molecule has 0 radical (unpaired) electrons. The minimum atomic E-state index is -4.02. The first kappa shape index (κ1) is 38.2. The van der Waals surface area contributed by atoms with Gasteiger partial charge >= 0.3 is 0 Å². The van der Waals surface area contributed by atoms with Gasteiger partial charge in [0.05, 0.1) is 41.7 Å². The Morgan fingerprint density at radius 3 is 2.60 bits per heavy atom. The first-order chi connectivity index (χ1) is 25.3. The topological polar surface area (TPSA) is 114 Å². The highest BCUT2D eigenvalue weighted by Gasteiger charge is 2.53. The summed E-state index contributed by atoms with van der Waals surface area (Å²) < 4.78 is 48.2. The monoisotopic (exact) mass is 767 g/mol. The standard InChI is InChI=1S/C41H54ClN3O7S/c1-27-8-6-17-41(51-5,22-37(46)44(3)40(18-19-40)26-50-4)34-13-10-31(34)23-45-24-39(16-7-9-29-20-32(42)12-14-33(29)39)25-52-36-15-11-30(21-35(36)45)38(47)43-53(48,49)28(27)2/h6,11-12,14-15,17,20-21,27-28,31,34H,7-10,13,16,18-19,22-26H2,1-5H3,(H,43,47)/b17-6+/t27-,28+,31-,34+,39-,41+/m0/s1. The zero-order valence-electron chi connectivity index (χ0n) is 31.7. The highest BCUT2D eigenvalue weighted by Crippen LogP contribution is 2.51. The first-order valence-corrected chi connectivity index (χ1v) is 21.0. The third-order valence-corrected chi connectivity index (χ3v) is 15.5. The summed E-state index contributed by atoms with van der Waals surface area (Å²) in [7, 11) is 1.22. The maximum atomic E-state index is 14.2. The normalized spacial score (nSPS) is 32.2. The van der Waals surface area contributed by atoms with Crippen LogP contribution in [0.4, 0.5) is 5.69 Å². The van der Waals surface area contributed by atoms with E-state index in [-0.39, 0.29) is 46.6 Å². The summed E-state index contributed by atoms with van der Waals surface area (Å²) >= 11 is 6.48. The Labute approximate surface area is 319 Å². The predicted molar refractivity (Wildman–Crippen MR) is 206 cm³/mol. The van der Waals surface area contributed by atoms with Crippen LogP contribution in [0.25, 0.3) is 0 Å². The Kier molecular flexibility index (Phi) is 10.4. The number of amides is 2. The van der Waals surface area contributed by atoms with Gasteiger partial charge in [-0.15, -0.1) is 0 Å². The van der Waals surface area contributed by atoms with Crippen molar-refractivity contribution in [2.24, 2.45) is 17.8 Å². The smallest absolute Gasteiger partial charge is 0.264 e. The van der Waals surface area contributed by atoms with Gasteiger partial charge < -0.3 is 24.0 Å². The molecule has 2 aromatic rings. The van der Waals surface area contributed by atoms with E-state index in [0.29, 0.717) is 43.5 Å². The van der Waals surface area contributed by atoms with Gasteiger partial charge in [0.2, 0.25) is 15.9 Å². The molecule has 0 saturated heterocycles. The van der Waals surface area contributed by atoms with Crippen LogP contribution in [0.5, 0.6) is 5.75 Å². The van der Waals surface area contributed by atoms with Crippen LogP contribution in [0.1, 0.15) is 86.7 Å². The van der Waals surface area contributed by atoms with Crippen LogP contribution < -0.4 is 14.4 Å². The molecule has 5 aliphatic rings. The number of hydrogen-bond acceptors (Lipinski definition) is 8. The van der Waals surface area contributed by atoms with Gasteiger partial charge in [-0.05, 0) is 118 Å². The molecule has 288 valence electrons. The summed E-state index contributed by atoms with van der Waals surface area (Å²) in [6.07, 6.45) is 11.1. The molecule has 3 aliphatic carbocycles. The predicted octanol–water partition coefficient (Wildman–Crippen LogP) is 6.30. The molecule has 2 fully saturated rings. The zero-order valence-corrected chi connectivity index (χ0v) is 33.2. The van der Waals surface area contributed by atoms with Crippen molar-refractivity contribution in [2.45, 2.75) is 93.4 Å². The summed E-state index contributed by atoms with van der Waals surface area (Å²) in [4.78, 5) is 32.0. The number of allylic oxidation sites excluding steroid dienone is 1. The van der Waals surface area contributed by atoms with Crippen molar-refractivity contribution in [2.75, 3.05) is 52.5 Å². The molecule has 1 spiro atoms. The van der Waals surface area contributed by atoms with Gasteiger partial charge in [-0.25, -0.2) is 13.1 Å². The molecule has 53 heavy (non-hydrogen) atoms. The largest absolute Gasteiger partial charge is 0.490 e. The van der Waals surface area contributed by atoms with Crippen molar-refractivity contribution in [1.82, 2.24) is 9.62 Å². The summed E-state index contributed by atoms with van der Waals surface area (Å²) in [5.74, 6) is -0.112. The molecule has 0 unspecified atom stereocenters. The molecule has 2 amide bonds. The number of nitrogens with one attached hydrogen (secondary N) is 1. The fourth-order valence-corrected chi connectivity index (χ4v) is 10.9. The van der Waals surface area contributed by atoms with Crippen molar-refractivity contribution < 1.29 is 32.2 Å². The lowest BCUT2D eigenvalue weighted by molar-refractivity contribution is -0.145. The quantitative estimate of drug-likeness (QED) is 0.341. The van der Waals surface area contributed by atoms with E-state index in [1.165, 1.54) is 11.1 Å². The van der Waals surface area contributed by atoms with Crippen LogP contribution in [-0.2, 0) is 36.1 Å². The van der Waals surface area contributed by atoms with E-state index in [0.717, 1.165) is 50.6 Å². The molecule has 2 aliphatic heterocycles. The van der Waals surface area contributed by atoms with E-state index >= 15 is 0 Å². The molecular formula is C41H54ClN3O7S. The highest BCUT2D eigenvalue weighted by molar-refractivity contribution is 7.90. The molecule has 2 saturated carbocycles. The molecule has 7 rings (SSSR count). The number of likely N-dealkylation sites (N-methyl/N-ethyl adjacent to an activating group) is 1. The van der Waals surface area contributed by atoms with Crippen LogP contribution in [0.2, 0.25) is 5.02 Å². The molecule has 10 nitrogen and oxygen atoms in total. The Morgan fingerprint density at radius 1 is 1.11 bits per heavy atom. The fourth-order valence-electron chi connectivity index (χ4n) is 9.44. The number of fused-ring (bicyclic) bond motifs is 4. The van der Waals surface area contributed by atoms with Crippen LogP contribution in [0, 0.1) is 17.8 Å². The number of carbonyl (C=O) groups excluding carboxylic acids is 2. The Morgan fingerprint density at radius 2 is 1.91 bits per heavy atom. The fraction of sp³-hybridized carbons (Fsp3) is 0.610. The highest BCUT2D eigenvalue weighted by atomic mass is 35.5. The number of halogens is 1. The Bertz CT molecular complexity index is 1880. The van der Waals surface area contributed by atoms with Gasteiger partial charge in [0.15, 0.2) is 0 Å². The van der Waals surface area contributed by atoms with Crippen LogP contribution in [0.15, 0.2) is 48.6 Å². The number of nitrogens with zero attached hydrogens (tertiary/aromatic N) is 2. The Balaban J connectivity index is 1.31. The first-order valence-electron chi connectivity index (χ1n) is 19.1. The molecular weight excluding hydrogens is 714 g/mol.